The second-order valence-electron chi connectivity index (χ2n) is 10.0. The van der Waals surface area contributed by atoms with Crippen LogP contribution >= 0.6 is 0 Å². The summed E-state index contributed by atoms with van der Waals surface area (Å²) in [6, 6.07) is 17.5. The van der Waals surface area contributed by atoms with Crippen molar-refractivity contribution in [3.8, 4) is 5.75 Å². The predicted molar refractivity (Wildman–Crippen MR) is 151 cm³/mol. The normalized spacial score (nSPS) is 17.8. The van der Waals surface area contributed by atoms with E-state index in [1.165, 1.54) is 36.4 Å². The number of sulfone groups is 1. The summed E-state index contributed by atoms with van der Waals surface area (Å²) in [4.78, 5) is 15.0. The number of alkyl halides is 4. The zero-order valence-corrected chi connectivity index (χ0v) is 24.0. The number of amides is 1. The highest BCUT2D eigenvalue weighted by atomic mass is 32.2. The molecule has 232 valence electrons. The first kappa shape index (κ1) is 32.2. The van der Waals surface area contributed by atoms with Crippen molar-refractivity contribution in [2.24, 2.45) is 0 Å². The van der Waals surface area contributed by atoms with Crippen LogP contribution in [0.15, 0.2) is 77.7 Å². The minimum absolute atomic E-state index is 0.0185. The number of carbonyl (C=O) groups excluding carboxylic acids is 1. The molecule has 1 amide bonds. The highest BCUT2D eigenvalue weighted by molar-refractivity contribution is 7.91. The van der Waals surface area contributed by atoms with Gasteiger partial charge < -0.3 is 24.8 Å². The van der Waals surface area contributed by atoms with Crippen LogP contribution in [0, 0.1) is 0 Å². The van der Waals surface area contributed by atoms with Gasteiger partial charge in [0, 0.05) is 23.7 Å². The Bertz CT molecular complexity index is 1460. The highest BCUT2D eigenvalue weighted by Gasteiger charge is 2.34. The number of aliphatic hydroxyl groups is 1. The van der Waals surface area contributed by atoms with Crippen LogP contribution in [0.1, 0.15) is 46.8 Å². The Balaban J connectivity index is 1.46. The molecule has 3 aromatic rings. The fourth-order valence-corrected chi connectivity index (χ4v) is 5.98. The van der Waals surface area contributed by atoms with Crippen molar-refractivity contribution in [2.45, 2.75) is 49.5 Å². The third-order valence-corrected chi connectivity index (χ3v) is 9.13. The van der Waals surface area contributed by atoms with Crippen LogP contribution in [0.4, 0.5) is 23.2 Å². The van der Waals surface area contributed by atoms with Gasteiger partial charge in [-0.15, -0.1) is 0 Å². The van der Waals surface area contributed by atoms with E-state index in [9.17, 15) is 35.9 Å². The molecule has 3 aromatic carbocycles. The summed E-state index contributed by atoms with van der Waals surface area (Å²) in [6.45, 7) is -4.56. The number of nitrogens with zero attached hydrogens (tertiary/aromatic N) is 1. The topological polar surface area (TPSA) is 105 Å². The summed E-state index contributed by atoms with van der Waals surface area (Å²) >= 11 is 0. The lowest BCUT2D eigenvalue weighted by Crippen LogP contribution is -2.34. The quantitative estimate of drug-likeness (QED) is 0.254. The number of hydrogen-bond donors (Lipinski definition) is 2. The van der Waals surface area contributed by atoms with E-state index in [-0.39, 0.29) is 34.5 Å². The molecule has 0 aromatic heterocycles. The van der Waals surface area contributed by atoms with E-state index < -0.39 is 47.7 Å². The largest absolute Gasteiger partial charge is 0.435 e. The molecule has 1 saturated heterocycles. The monoisotopic (exact) mass is 624 g/mol. The Hall–Kier alpha value is -3.68. The summed E-state index contributed by atoms with van der Waals surface area (Å²) in [7, 11) is -3.39. The fraction of sp³-hybridized carbons (Fsp3) is 0.367. The molecule has 1 heterocycles. The number of halogens is 4. The van der Waals surface area contributed by atoms with E-state index in [2.05, 4.69) is 14.8 Å². The molecule has 1 aliphatic rings. The lowest BCUT2D eigenvalue weighted by Gasteiger charge is -2.27. The lowest BCUT2D eigenvalue weighted by molar-refractivity contribution is -0.131. The third kappa shape index (κ3) is 8.24. The summed E-state index contributed by atoms with van der Waals surface area (Å²) in [5, 5.41) is 12.6. The van der Waals surface area contributed by atoms with Crippen molar-refractivity contribution in [3.63, 3.8) is 0 Å². The van der Waals surface area contributed by atoms with E-state index in [0.717, 1.165) is 5.56 Å². The summed E-state index contributed by atoms with van der Waals surface area (Å²) in [5.74, 6) is -0.602. The molecule has 2 N–H and O–H groups in total. The number of benzene rings is 3. The second-order valence-corrected chi connectivity index (χ2v) is 12.3. The number of carbonyl (C=O) groups is 1. The molecule has 8 nitrogen and oxygen atoms in total. The molecule has 4 rings (SSSR count). The Morgan fingerprint density at radius 2 is 1.63 bits per heavy atom. The summed E-state index contributed by atoms with van der Waals surface area (Å²) < 4.78 is 83.9. The van der Waals surface area contributed by atoms with Crippen molar-refractivity contribution in [1.29, 1.82) is 0 Å². The van der Waals surface area contributed by atoms with E-state index >= 15 is 0 Å². The maximum Gasteiger partial charge on any atom is 0.387 e. The number of ether oxygens (including phenoxy) is 2. The summed E-state index contributed by atoms with van der Waals surface area (Å²) in [5.41, 5.74) is 2.32. The highest BCUT2D eigenvalue weighted by Crippen LogP contribution is 2.36. The Morgan fingerprint density at radius 1 is 0.977 bits per heavy atom. The number of rotatable bonds is 13. The van der Waals surface area contributed by atoms with E-state index in [0.29, 0.717) is 24.2 Å². The number of anilines is 1. The maximum absolute atomic E-state index is 13.0. The zero-order valence-electron chi connectivity index (χ0n) is 23.2. The molecular weight excluding hydrogens is 592 g/mol. The smallest absolute Gasteiger partial charge is 0.387 e. The average molecular weight is 625 g/mol. The average Bonchev–Trinajstić information content (AvgIpc) is 3.43. The number of nitrogens with one attached hydrogen (secondary N) is 1. The van der Waals surface area contributed by atoms with Crippen molar-refractivity contribution in [3.05, 3.63) is 89.5 Å². The summed E-state index contributed by atoms with van der Waals surface area (Å²) in [6.07, 6.45) is 0.473. The van der Waals surface area contributed by atoms with Gasteiger partial charge in [-0.3, -0.25) is 4.79 Å². The van der Waals surface area contributed by atoms with E-state index in [4.69, 9.17) is 0 Å². The van der Waals surface area contributed by atoms with E-state index in [1.54, 1.807) is 43.3 Å². The van der Waals surface area contributed by atoms with Crippen LogP contribution in [0.3, 0.4) is 0 Å². The van der Waals surface area contributed by atoms with E-state index in [1.807, 2.05) is 4.90 Å². The molecule has 0 bridgehead atoms. The van der Waals surface area contributed by atoms with Crippen LogP contribution in [0.5, 0.6) is 5.75 Å². The molecule has 1 unspecified atom stereocenters. The molecule has 0 saturated carbocycles. The van der Waals surface area contributed by atoms with Crippen molar-refractivity contribution in [2.75, 3.05) is 30.4 Å². The minimum atomic E-state index is -3.39. The molecule has 43 heavy (non-hydrogen) atoms. The van der Waals surface area contributed by atoms with Crippen molar-refractivity contribution >= 4 is 21.4 Å². The first-order valence-electron chi connectivity index (χ1n) is 13.6. The predicted octanol–water partition coefficient (Wildman–Crippen LogP) is 5.15. The fourth-order valence-electron chi connectivity index (χ4n) is 5.09. The van der Waals surface area contributed by atoms with Gasteiger partial charge in [0.2, 0.25) is 0 Å². The van der Waals surface area contributed by atoms with Gasteiger partial charge in [-0.25, -0.2) is 8.42 Å². The molecule has 0 radical (unpaired) electrons. The molecular formula is C30H32F4N2O6S. The van der Waals surface area contributed by atoms with Crippen LogP contribution in [0.25, 0.3) is 0 Å². The van der Waals surface area contributed by atoms with Gasteiger partial charge in [0.15, 0.2) is 9.84 Å². The number of hydrogen-bond acceptors (Lipinski definition) is 7. The van der Waals surface area contributed by atoms with Gasteiger partial charge in [-0.05, 0) is 66.1 Å². The zero-order chi connectivity index (χ0) is 31.1. The van der Waals surface area contributed by atoms with Gasteiger partial charge in [0.25, 0.3) is 5.91 Å². The Labute approximate surface area is 247 Å². The molecule has 13 heteroatoms. The molecule has 0 spiro atoms. The third-order valence-electron chi connectivity index (χ3n) is 7.38. The Morgan fingerprint density at radius 3 is 2.19 bits per heavy atom. The lowest BCUT2D eigenvalue weighted by atomic mass is 9.96. The maximum atomic E-state index is 13.0. The number of aliphatic hydroxyl groups excluding tert-OH is 1. The van der Waals surface area contributed by atoms with Gasteiger partial charge >= 0.3 is 13.2 Å². The van der Waals surface area contributed by atoms with Gasteiger partial charge in [0.05, 0.1) is 35.9 Å². The minimum Gasteiger partial charge on any atom is -0.435 e. The van der Waals surface area contributed by atoms with Crippen LogP contribution < -0.4 is 15.0 Å². The molecule has 1 aliphatic heterocycles. The SMILES string of the molecule is CCS(=O)(=O)c1ccc([C@H](CO)NC(=O)c2ccc(N3CC(c4ccc(OC(F)F)cc4)C[C@H]3COC(F)F)cc2)cc1. The van der Waals surface area contributed by atoms with Crippen LogP contribution in [0.2, 0.25) is 0 Å². The molecule has 0 aliphatic carbocycles. The Kier molecular flexibility index (Phi) is 10.6. The van der Waals surface area contributed by atoms with Crippen LogP contribution in [-0.4, -0.2) is 64.2 Å². The van der Waals surface area contributed by atoms with Crippen molar-refractivity contribution < 1.29 is 45.4 Å². The first-order valence-corrected chi connectivity index (χ1v) is 15.2. The van der Waals surface area contributed by atoms with Gasteiger partial charge in [-0.2, -0.15) is 17.6 Å². The standard InChI is InChI=1S/C30H32F4N2O6S/c1-2-43(39,40)26-13-7-20(8-14-26)27(17-37)35-28(38)21-3-9-23(10-4-21)36-16-22(15-24(36)18-41-29(31)32)19-5-11-25(12-6-19)42-30(33)34/h3-14,22,24,27,29-30,37H,2,15-18H2,1H3,(H,35,38)/t22?,24-,27-/m0/s1. The van der Waals surface area contributed by atoms with Crippen molar-refractivity contribution in [1.82, 2.24) is 5.32 Å². The van der Waals surface area contributed by atoms with Crippen LogP contribution in [-0.2, 0) is 14.6 Å². The molecule has 1 fully saturated rings. The van der Waals surface area contributed by atoms with Gasteiger partial charge in [0.1, 0.15) is 5.75 Å². The first-order chi connectivity index (χ1) is 20.5. The second kappa shape index (κ2) is 14.2. The van der Waals surface area contributed by atoms with Gasteiger partial charge in [-0.1, -0.05) is 31.2 Å². The molecule has 3 atom stereocenters.